The molecule has 19 heavy (non-hydrogen) atoms. The number of aromatic nitrogens is 5. The van der Waals surface area contributed by atoms with E-state index in [4.69, 9.17) is 0 Å². The summed E-state index contributed by atoms with van der Waals surface area (Å²) < 4.78 is 1.87. The van der Waals surface area contributed by atoms with Crippen LogP contribution in [0, 0.1) is 0 Å². The van der Waals surface area contributed by atoms with Crippen LogP contribution in [-0.2, 0) is 0 Å². The van der Waals surface area contributed by atoms with Crippen molar-refractivity contribution >= 4 is 16.8 Å². The van der Waals surface area contributed by atoms with Crippen LogP contribution in [0.25, 0.3) is 28.1 Å². The molecule has 90 valence electrons. The molecule has 0 unspecified atom stereocenters. The molecule has 3 heterocycles. The van der Waals surface area contributed by atoms with Crippen LogP contribution >= 0.6 is 0 Å². The van der Waals surface area contributed by atoms with Gasteiger partial charge in [-0.1, -0.05) is 30.3 Å². The smallest absolute Gasteiger partial charge is 0.188 e. The van der Waals surface area contributed by atoms with E-state index in [-0.39, 0.29) is 0 Å². The van der Waals surface area contributed by atoms with Gasteiger partial charge in [-0.15, -0.1) is 10.2 Å². The van der Waals surface area contributed by atoms with Gasteiger partial charge in [-0.05, 0) is 12.1 Å². The highest BCUT2D eigenvalue weighted by Gasteiger charge is 2.11. The van der Waals surface area contributed by atoms with E-state index in [0.29, 0.717) is 0 Å². The Labute approximate surface area is 108 Å². The van der Waals surface area contributed by atoms with Crippen molar-refractivity contribution in [2.75, 3.05) is 0 Å². The zero-order valence-corrected chi connectivity index (χ0v) is 9.93. The third-order valence-electron chi connectivity index (χ3n) is 3.04. The van der Waals surface area contributed by atoms with Crippen molar-refractivity contribution in [2.45, 2.75) is 0 Å². The van der Waals surface area contributed by atoms with Gasteiger partial charge in [0.15, 0.2) is 11.3 Å². The first-order chi connectivity index (χ1) is 9.43. The first kappa shape index (κ1) is 10.1. The molecule has 0 atom stereocenters. The molecule has 3 aromatic heterocycles. The van der Waals surface area contributed by atoms with Gasteiger partial charge in [0.05, 0.1) is 0 Å². The van der Waals surface area contributed by atoms with E-state index < -0.39 is 0 Å². The summed E-state index contributed by atoms with van der Waals surface area (Å²) in [6, 6.07) is 13.7. The monoisotopic (exact) mass is 247 g/mol. The molecule has 0 fully saturated rings. The molecule has 0 spiro atoms. The van der Waals surface area contributed by atoms with E-state index in [2.05, 4.69) is 20.2 Å². The zero-order valence-electron chi connectivity index (χ0n) is 9.93. The minimum atomic E-state index is 0.720. The summed E-state index contributed by atoms with van der Waals surface area (Å²) in [5.41, 5.74) is 4.09. The van der Waals surface area contributed by atoms with E-state index in [0.717, 1.165) is 28.1 Å². The van der Waals surface area contributed by atoms with Gasteiger partial charge in [0.1, 0.15) is 17.5 Å². The largest absolute Gasteiger partial charge is 0.264 e. The van der Waals surface area contributed by atoms with Gasteiger partial charge < -0.3 is 0 Å². The Balaban J connectivity index is 2.08. The maximum absolute atomic E-state index is 4.44. The summed E-state index contributed by atoms with van der Waals surface area (Å²) in [6.07, 6.45) is 3.48. The second-order valence-electron chi connectivity index (χ2n) is 4.20. The molecular formula is C14H9N5. The van der Waals surface area contributed by atoms with Gasteiger partial charge in [0.2, 0.25) is 0 Å². The van der Waals surface area contributed by atoms with E-state index in [1.165, 1.54) is 0 Å². The number of rotatable bonds is 1. The third-order valence-corrected chi connectivity index (χ3v) is 3.04. The van der Waals surface area contributed by atoms with E-state index in [9.17, 15) is 0 Å². The fourth-order valence-corrected chi connectivity index (χ4v) is 2.15. The molecule has 5 heteroatoms. The van der Waals surface area contributed by atoms with Gasteiger partial charge in [0, 0.05) is 11.8 Å². The molecule has 0 saturated heterocycles. The Hall–Kier alpha value is -2.82. The number of hydrogen-bond acceptors (Lipinski definition) is 4. The molecule has 4 rings (SSSR count). The molecular weight excluding hydrogens is 238 g/mol. The summed E-state index contributed by atoms with van der Waals surface area (Å²) in [7, 11) is 0. The van der Waals surface area contributed by atoms with E-state index in [1.807, 2.05) is 46.9 Å². The SMILES string of the molecule is c1ccc(-c2ncn3c2nnc2cccnc23)cc1. The molecule has 0 aliphatic heterocycles. The molecule has 1 aromatic carbocycles. The molecule has 0 radical (unpaired) electrons. The molecule has 0 aliphatic rings. The Morgan fingerprint density at radius 1 is 0.789 bits per heavy atom. The average Bonchev–Trinajstić information content (AvgIpc) is 2.92. The van der Waals surface area contributed by atoms with Crippen LogP contribution in [0.1, 0.15) is 0 Å². The van der Waals surface area contributed by atoms with Crippen LogP contribution in [0.2, 0.25) is 0 Å². The number of imidazole rings is 1. The summed E-state index contributed by atoms with van der Waals surface area (Å²) in [4.78, 5) is 8.77. The van der Waals surface area contributed by atoms with Crippen molar-refractivity contribution in [3.63, 3.8) is 0 Å². The van der Waals surface area contributed by atoms with Crippen LogP contribution < -0.4 is 0 Å². The molecule has 0 amide bonds. The van der Waals surface area contributed by atoms with Crippen LogP contribution in [0.4, 0.5) is 0 Å². The molecule has 0 aliphatic carbocycles. The first-order valence-electron chi connectivity index (χ1n) is 5.93. The van der Waals surface area contributed by atoms with Crippen molar-refractivity contribution in [1.82, 2.24) is 24.6 Å². The lowest BCUT2D eigenvalue weighted by molar-refractivity contribution is 1.02. The summed E-state index contributed by atoms with van der Waals surface area (Å²) >= 11 is 0. The predicted molar refractivity (Wildman–Crippen MR) is 71.5 cm³/mol. The Morgan fingerprint density at radius 3 is 2.58 bits per heavy atom. The molecule has 0 N–H and O–H groups in total. The highest BCUT2D eigenvalue weighted by atomic mass is 15.2. The lowest BCUT2D eigenvalue weighted by atomic mass is 10.2. The maximum atomic E-state index is 4.44. The molecule has 0 bridgehead atoms. The number of hydrogen-bond donors (Lipinski definition) is 0. The van der Waals surface area contributed by atoms with E-state index >= 15 is 0 Å². The number of pyridine rings is 1. The molecule has 0 saturated carbocycles. The highest BCUT2D eigenvalue weighted by Crippen LogP contribution is 2.22. The Bertz CT molecular complexity index is 867. The van der Waals surface area contributed by atoms with Crippen LogP contribution in [-0.4, -0.2) is 24.6 Å². The standard InChI is InChI=1S/C14H9N5/c1-2-5-10(6-3-1)12-14-18-17-11-7-4-8-15-13(11)19(14)9-16-12/h1-9H. The number of benzene rings is 1. The predicted octanol–water partition coefficient (Wildman–Crippen LogP) is 2.34. The first-order valence-corrected chi connectivity index (χ1v) is 5.93. The average molecular weight is 247 g/mol. The van der Waals surface area contributed by atoms with Crippen molar-refractivity contribution in [1.29, 1.82) is 0 Å². The fourth-order valence-electron chi connectivity index (χ4n) is 2.15. The minimum absolute atomic E-state index is 0.720. The van der Waals surface area contributed by atoms with Crippen LogP contribution in [0.15, 0.2) is 55.0 Å². The Morgan fingerprint density at radius 2 is 1.68 bits per heavy atom. The number of nitrogens with zero attached hydrogens (tertiary/aromatic N) is 5. The van der Waals surface area contributed by atoms with Gasteiger partial charge in [-0.3, -0.25) is 4.40 Å². The van der Waals surface area contributed by atoms with Crippen LogP contribution in [0.3, 0.4) is 0 Å². The van der Waals surface area contributed by atoms with Crippen molar-refractivity contribution < 1.29 is 0 Å². The Kier molecular flexibility index (Phi) is 2.05. The van der Waals surface area contributed by atoms with Gasteiger partial charge >= 0.3 is 0 Å². The summed E-state index contributed by atoms with van der Waals surface area (Å²) in [6.45, 7) is 0. The highest BCUT2D eigenvalue weighted by molar-refractivity contribution is 5.79. The fraction of sp³-hybridized carbons (Fsp3) is 0. The topological polar surface area (TPSA) is 56.0 Å². The second kappa shape index (κ2) is 3.84. The van der Waals surface area contributed by atoms with Crippen molar-refractivity contribution in [2.24, 2.45) is 0 Å². The molecule has 5 nitrogen and oxygen atoms in total. The van der Waals surface area contributed by atoms with Crippen molar-refractivity contribution in [3.8, 4) is 11.3 Å². The summed E-state index contributed by atoms with van der Waals surface area (Å²) in [5, 5.41) is 8.45. The normalized spacial score (nSPS) is 11.2. The quantitative estimate of drug-likeness (QED) is 0.518. The lowest BCUT2D eigenvalue weighted by Crippen LogP contribution is -1.96. The van der Waals surface area contributed by atoms with Gasteiger partial charge in [-0.25, -0.2) is 9.97 Å². The van der Waals surface area contributed by atoms with E-state index in [1.54, 1.807) is 12.5 Å². The number of fused-ring (bicyclic) bond motifs is 3. The van der Waals surface area contributed by atoms with Gasteiger partial charge in [-0.2, -0.15) is 0 Å². The van der Waals surface area contributed by atoms with Gasteiger partial charge in [0.25, 0.3) is 0 Å². The molecule has 4 aromatic rings. The summed E-state index contributed by atoms with van der Waals surface area (Å²) in [5.74, 6) is 0. The second-order valence-corrected chi connectivity index (χ2v) is 4.20. The van der Waals surface area contributed by atoms with Crippen LogP contribution in [0.5, 0.6) is 0 Å². The maximum Gasteiger partial charge on any atom is 0.188 e. The minimum Gasteiger partial charge on any atom is -0.264 e. The van der Waals surface area contributed by atoms with Crippen molar-refractivity contribution in [3.05, 3.63) is 55.0 Å². The zero-order chi connectivity index (χ0) is 12.7. The lowest BCUT2D eigenvalue weighted by Gasteiger charge is -2.00. The third kappa shape index (κ3) is 1.48.